The molecule has 3 nitrogen and oxygen atoms in total. The normalized spacial score (nSPS) is 11.4. The maximum atomic E-state index is 4.31. The average Bonchev–Trinajstić information content (AvgIpc) is 2.86. The van der Waals surface area contributed by atoms with Crippen molar-refractivity contribution in [1.29, 1.82) is 0 Å². The summed E-state index contributed by atoms with van der Waals surface area (Å²) in [5, 5.41) is 12.1. The van der Waals surface area contributed by atoms with Gasteiger partial charge in [-0.3, -0.25) is 0 Å². The van der Waals surface area contributed by atoms with Gasteiger partial charge in [-0.2, -0.15) is 0 Å². The van der Waals surface area contributed by atoms with Gasteiger partial charge >= 0.3 is 0 Å². The second-order valence-corrected chi connectivity index (χ2v) is 6.36. The Hall–Kier alpha value is -1.81. The van der Waals surface area contributed by atoms with Crippen molar-refractivity contribution >= 4 is 22.5 Å². The summed E-state index contributed by atoms with van der Waals surface area (Å²) in [6.07, 6.45) is 0. The lowest BCUT2D eigenvalue weighted by molar-refractivity contribution is 0.536. The molecule has 0 unspecified atom stereocenters. The number of thioether (sulfide) groups is 1. The van der Waals surface area contributed by atoms with Gasteiger partial charge in [-0.25, -0.2) is 0 Å². The number of hydrogen-bond acceptors (Lipinski definition) is 3. The molecule has 1 heterocycles. The van der Waals surface area contributed by atoms with Crippen molar-refractivity contribution < 1.29 is 0 Å². The number of aromatic nitrogens is 3. The van der Waals surface area contributed by atoms with E-state index in [1.807, 2.05) is 6.92 Å². The lowest BCUT2D eigenvalue weighted by Gasteiger charge is -2.12. The third kappa shape index (κ3) is 2.81. The van der Waals surface area contributed by atoms with Gasteiger partial charge in [-0.15, -0.1) is 10.2 Å². The summed E-state index contributed by atoms with van der Waals surface area (Å²) in [5.74, 6) is 1.89. The van der Waals surface area contributed by atoms with Gasteiger partial charge in [-0.05, 0) is 37.1 Å². The zero-order chi connectivity index (χ0) is 14.8. The molecular formula is C17H19N3S. The quantitative estimate of drug-likeness (QED) is 0.659. The summed E-state index contributed by atoms with van der Waals surface area (Å²) in [6.45, 7) is 6.34. The first-order chi connectivity index (χ1) is 10.2. The van der Waals surface area contributed by atoms with Crippen molar-refractivity contribution in [1.82, 2.24) is 14.8 Å². The Morgan fingerprint density at radius 3 is 2.62 bits per heavy atom. The molecule has 0 fully saturated rings. The first-order valence-electron chi connectivity index (χ1n) is 7.18. The Labute approximate surface area is 129 Å². The van der Waals surface area contributed by atoms with Crippen molar-refractivity contribution in [2.24, 2.45) is 0 Å². The fourth-order valence-electron chi connectivity index (χ4n) is 2.60. The van der Waals surface area contributed by atoms with E-state index in [1.54, 1.807) is 11.8 Å². The van der Waals surface area contributed by atoms with Gasteiger partial charge in [-0.1, -0.05) is 54.2 Å². The first-order valence-corrected chi connectivity index (χ1v) is 8.16. The Balaban J connectivity index is 1.87. The molecule has 0 saturated heterocycles. The monoisotopic (exact) mass is 297 g/mol. The standard InChI is InChI=1S/C17H19N3S/c1-12(2)20-13(3)18-19-17(20)21-11-15-9-6-8-14-7-4-5-10-16(14)15/h4-10,12H,11H2,1-3H3. The lowest BCUT2D eigenvalue weighted by atomic mass is 10.1. The second kappa shape index (κ2) is 5.90. The van der Waals surface area contributed by atoms with Crippen LogP contribution < -0.4 is 0 Å². The average molecular weight is 297 g/mol. The zero-order valence-corrected chi connectivity index (χ0v) is 13.4. The smallest absolute Gasteiger partial charge is 0.191 e. The van der Waals surface area contributed by atoms with Crippen LogP contribution in [0.5, 0.6) is 0 Å². The van der Waals surface area contributed by atoms with Crippen molar-refractivity contribution in [3.05, 3.63) is 53.9 Å². The largest absolute Gasteiger partial charge is 0.304 e. The predicted molar refractivity (Wildman–Crippen MR) is 88.7 cm³/mol. The van der Waals surface area contributed by atoms with E-state index in [0.29, 0.717) is 6.04 Å². The summed E-state index contributed by atoms with van der Waals surface area (Å²) in [5.41, 5.74) is 1.34. The third-order valence-electron chi connectivity index (χ3n) is 3.59. The van der Waals surface area contributed by atoms with Crippen LogP contribution in [-0.4, -0.2) is 14.8 Å². The molecule has 0 spiro atoms. The van der Waals surface area contributed by atoms with Crippen LogP contribution in [0, 0.1) is 6.92 Å². The van der Waals surface area contributed by atoms with Crippen molar-refractivity contribution in [3.63, 3.8) is 0 Å². The predicted octanol–water partition coefficient (Wildman–Crippen LogP) is 4.61. The molecule has 0 saturated carbocycles. The molecule has 0 atom stereocenters. The highest BCUT2D eigenvalue weighted by Crippen LogP contribution is 2.28. The number of aryl methyl sites for hydroxylation is 1. The van der Waals surface area contributed by atoms with Crippen LogP contribution in [0.1, 0.15) is 31.3 Å². The molecule has 0 radical (unpaired) electrons. The highest BCUT2D eigenvalue weighted by Gasteiger charge is 2.12. The van der Waals surface area contributed by atoms with Gasteiger partial charge in [0.05, 0.1) is 0 Å². The molecule has 0 amide bonds. The maximum absolute atomic E-state index is 4.31. The Morgan fingerprint density at radius 1 is 1.05 bits per heavy atom. The minimum Gasteiger partial charge on any atom is -0.304 e. The third-order valence-corrected chi connectivity index (χ3v) is 4.58. The van der Waals surface area contributed by atoms with Crippen molar-refractivity contribution in [2.75, 3.05) is 0 Å². The summed E-state index contributed by atoms with van der Waals surface area (Å²) in [6, 6.07) is 15.4. The number of nitrogens with zero attached hydrogens (tertiary/aromatic N) is 3. The SMILES string of the molecule is Cc1nnc(SCc2cccc3ccccc23)n1C(C)C. The van der Waals surface area contributed by atoms with Gasteiger partial charge in [0.15, 0.2) is 5.16 Å². The van der Waals surface area contributed by atoms with E-state index in [9.17, 15) is 0 Å². The molecular weight excluding hydrogens is 278 g/mol. The topological polar surface area (TPSA) is 30.7 Å². The Morgan fingerprint density at radius 2 is 1.81 bits per heavy atom. The molecule has 3 rings (SSSR count). The lowest BCUT2D eigenvalue weighted by Crippen LogP contribution is -2.04. The maximum Gasteiger partial charge on any atom is 0.191 e. The van der Waals surface area contributed by atoms with Gasteiger partial charge in [0.25, 0.3) is 0 Å². The van der Waals surface area contributed by atoms with Crippen LogP contribution in [0.25, 0.3) is 10.8 Å². The minimum atomic E-state index is 0.384. The fourth-order valence-corrected chi connectivity index (χ4v) is 3.72. The summed E-state index contributed by atoms with van der Waals surface area (Å²) in [7, 11) is 0. The van der Waals surface area contributed by atoms with E-state index in [-0.39, 0.29) is 0 Å². The van der Waals surface area contributed by atoms with E-state index in [2.05, 4.69) is 71.1 Å². The van der Waals surface area contributed by atoms with Crippen LogP contribution in [0.4, 0.5) is 0 Å². The zero-order valence-electron chi connectivity index (χ0n) is 12.6. The first kappa shape index (κ1) is 14.1. The van der Waals surface area contributed by atoms with Gasteiger partial charge < -0.3 is 4.57 Å². The highest BCUT2D eigenvalue weighted by molar-refractivity contribution is 7.98. The van der Waals surface area contributed by atoms with Gasteiger partial charge in [0.2, 0.25) is 0 Å². The molecule has 2 aromatic carbocycles. The van der Waals surface area contributed by atoms with E-state index in [1.165, 1.54) is 16.3 Å². The number of hydrogen-bond donors (Lipinski definition) is 0. The number of benzene rings is 2. The fraction of sp³-hybridized carbons (Fsp3) is 0.294. The Kier molecular flexibility index (Phi) is 3.97. The summed E-state index contributed by atoms with van der Waals surface area (Å²) >= 11 is 1.75. The molecule has 0 aliphatic heterocycles. The summed E-state index contributed by atoms with van der Waals surface area (Å²) in [4.78, 5) is 0. The molecule has 0 aliphatic carbocycles. The van der Waals surface area contributed by atoms with E-state index in [0.717, 1.165) is 16.7 Å². The van der Waals surface area contributed by atoms with Gasteiger partial charge in [0.1, 0.15) is 5.82 Å². The van der Waals surface area contributed by atoms with Crippen LogP contribution in [0.2, 0.25) is 0 Å². The molecule has 0 N–H and O–H groups in total. The summed E-state index contributed by atoms with van der Waals surface area (Å²) < 4.78 is 2.19. The molecule has 21 heavy (non-hydrogen) atoms. The van der Waals surface area contributed by atoms with Crippen LogP contribution in [-0.2, 0) is 5.75 Å². The molecule has 3 aromatic rings. The second-order valence-electron chi connectivity index (χ2n) is 5.42. The molecule has 108 valence electrons. The van der Waals surface area contributed by atoms with Crippen molar-refractivity contribution in [3.8, 4) is 0 Å². The van der Waals surface area contributed by atoms with Crippen LogP contribution in [0.15, 0.2) is 47.6 Å². The molecule has 1 aromatic heterocycles. The number of rotatable bonds is 4. The van der Waals surface area contributed by atoms with E-state index < -0.39 is 0 Å². The van der Waals surface area contributed by atoms with E-state index in [4.69, 9.17) is 0 Å². The minimum absolute atomic E-state index is 0.384. The Bertz CT molecular complexity index is 756. The molecule has 0 bridgehead atoms. The van der Waals surface area contributed by atoms with Gasteiger partial charge in [0, 0.05) is 11.8 Å². The molecule has 0 aliphatic rings. The number of fused-ring (bicyclic) bond motifs is 1. The van der Waals surface area contributed by atoms with Crippen LogP contribution >= 0.6 is 11.8 Å². The van der Waals surface area contributed by atoms with E-state index >= 15 is 0 Å². The molecule has 4 heteroatoms. The highest BCUT2D eigenvalue weighted by atomic mass is 32.2. The van der Waals surface area contributed by atoms with Crippen LogP contribution in [0.3, 0.4) is 0 Å². The van der Waals surface area contributed by atoms with Crippen molar-refractivity contribution in [2.45, 2.75) is 37.7 Å².